The molecule has 2 rings (SSSR count). The summed E-state index contributed by atoms with van der Waals surface area (Å²) in [6.45, 7) is 0. The predicted molar refractivity (Wildman–Crippen MR) is 71.8 cm³/mol. The van der Waals surface area contributed by atoms with Crippen LogP contribution in [0.25, 0.3) is 0 Å². The van der Waals surface area contributed by atoms with Crippen LogP contribution in [0.3, 0.4) is 0 Å². The van der Waals surface area contributed by atoms with Crippen molar-refractivity contribution >= 4 is 17.3 Å². The number of ether oxygens (including phenoxy) is 1. The summed E-state index contributed by atoms with van der Waals surface area (Å²) in [5, 5.41) is 2.48. The van der Waals surface area contributed by atoms with E-state index in [1.54, 1.807) is 31.4 Å². The molecule has 0 atom stereocenters. The lowest BCUT2D eigenvalue weighted by atomic mass is 10.2. The first kappa shape index (κ1) is 12.9. The van der Waals surface area contributed by atoms with Gasteiger partial charge in [-0.15, -0.1) is 0 Å². The number of anilines is 2. The van der Waals surface area contributed by atoms with E-state index in [0.29, 0.717) is 17.0 Å². The van der Waals surface area contributed by atoms with Crippen molar-refractivity contribution in [1.82, 2.24) is 0 Å². The van der Waals surface area contributed by atoms with Crippen LogP contribution in [0.15, 0.2) is 42.5 Å². The molecular weight excluding hydrogens is 247 g/mol. The summed E-state index contributed by atoms with van der Waals surface area (Å²) in [4.78, 5) is 11.9. The molecule has 3 N–H and O–H groups in total. The number of hydrogen-bond donors (Lipinski definition) is 2. The minimum atomic E-state index is -0.568. The van der Waals surface area contributed by atoms with E-state index < -0.39 is 11.7 Å². The summed E-state index contributed by atoms with van der Waals surface area (Å²) in [5.74, 6) is -0.316. The van der Waals surface area contributed by atoms with Gasteiger partial charge in [0.1, 0.15) is 11.6 Å². The molecule has 2 aromatic rings. The zero-order valence-electron chi connectivity index (χ0n) is 10.3. The van der Waals surface area contributed by atoms with Gasteiger partial charge in [-0.1, -0.05) is 0 Å². The average molecular weight is 260 g/mol. The quantitative estimate of drug-likeness (QED) is 0.834. The smallest absolute Gasteiger partial charge is 0.255 e. The normalized spacial score (nSPS) is 10.0. The first-order valence-electron chi connectivity index (χ1n) is 5.60. The second-order valence-electron chi connectivity index (χ2n) is 3.92. The number of amides is 1. The van der Waals surface area contributed by atoms with Gasteiger partial charge in [0.2, 0.25) is 0 Å². The van der Waals surface area contributed by atoms with E-state index in [4.69, 9.17) is 10.5 Å². The topological polar surface area (TPSA) is 64.3 Å². The van der Waals surface area contributed by atoms with Crippen LogP contribution < -0.4 is 15.8 Å². The van der Waals surface area contributed by atoms with Crippen molar-refractivity contribution in [2.75, 3.05) is 18.2 Å². The van der Waals surface area contributed by atoms with Crippen LogP contribution in [0.4, 0.5) is 15.8 Å². The van der Waals surface area contributed by atoms with Crippen molar-refractivity contribution in [3.63, 3.8) is 0 Å². The number of methoxy groups -OCH3 is 1. The number of hydrogen-bond acceptors (Lipinski definition) is 3. The average Bonchev–Trinajstić information content (AvgIpc) is 2.42. The number of rotatable bonds is 3. The van der Waals surface area contributed by atoms with Gasteiger partial charge < -0.3 is 15.8 Å². The molecule has 0 aliphatic heterocycles. The zero-order chi connectivity index (χ0) is 13.8. The highest BCUT2D eigenvalue weighted by molar-refractivity contribution is 6.04. The van der Waals surface area contributed by atoms with Crippen LogP contribution in [-0.2, 0) is 0 Å². The maximum Gasteiger partial charge on any atom is 0.255 e. The summed E-state index contributed by atoms with van der Waals surface area (Å²) < 4.78 is 18.5. The minimum Gasteiger partial charge on any atom is -0.497 e. The molecule has 5 heteroatoms. The minimum absolute atomic E-state index is 0.0926. The fourth-order valence-corrected chi connectivity index (χ4v) is 1.57. The Kier molecular flexibility index (Phi) is 3.66. The van der Waals surface area contributed by atoms with Gasteiger partial charge in [0, 0.05) is 11.3 Å². The Morgan fingerprint density at radius 1 is 1.21 bits per heavy atom. The predicted octanol–water partition coefficient (Wildman–Crippen LogP) is 2.67. The Morgan fingerprint density at radius 3 is 2.47 bits per heavy atom. The van der Waals surface area contributed by atoms with Crippen LogP contribution in [0.5, 0.6) is 5.75 Å². The number of nitrogens with two attached hydrogens (primary N) is 1. The molecule has 0 radical (unpaired) electrons. The van der Waals surface area contributed by atoms with Crippen molar-refractivity contribution in [1.29, 1.82) is 0 Å². The monoisotopic (exact) mass is 260 g/mol. The molecule has 0 spiro atoms. The van der Waals surface area contributed by atoms with Crippen molar-refractivity contribution in [2.24, 2.45) is 0 Å². The lowest BCUT2D eigenvalue weighted by Crippen LogP contribution is -2.13. The Hall–Kier alpha value is -2.56. The standard InChI is InChI=1S/C14H13FN2O2/c1-19-11-5-2-9(3-6-11)14(18)17-13-7-4-10(16)8-12(13)15/h2-8H,16H2,1H3,(H,17,18). The Bertz CT molecular complexity index is 597. The summed E-state index contributed by atoms with van der Waals surface area (Å²) in [6.07, 6.45) is 0. The van der Waals surface area contributed by atoms with E-state index in [9.17, 15) is 9.18 Å². The summed E-state index contributed by atoms with van der Waals surface area (Å²) in [6, 6.07) is 10.6. The molecule has 0 unspecified atom stereocenters. The number of benzene rings is 2. The first-order chi connectivity index (χ1) is 9.10. The van der Waals surface area contributed by atoms with Crippen LogP contribution in [0.1, 0.15) is 10.4 Å². The Labute approximate surface area is 110 Å². The van der Waals surface area contributed by atoms with E-state index in [2.05, 4.69) is 5.32 Å². The molecule has 0 saturated heterocycles. The highest BCUT2D eigenvalue weighted by Gasteiger charge is 2.09. The molecule has 0 aliphatic carbocycles. The maximum atomic E-state index is 13.5. The Morgan fingerprint density at radius 2 is 1.89 bits per heavy atom. The largest absolute Gasteiger partial charge is 0.497 e. The molecule has 0 saturated carbocycles. The molecule has 0 bridgehead atoms. The highest BCUT2D eigenvalue weighted by Crippen LogP contribution is 2.18. The second kappa shape index (κ2) is 5.39. The van der Waals surface area contributed by atoms with Crippen LogP contribution in [0.2, 0.25) is 0 Å². The number of halogens is 1. The fraction of sp³-hybridized carbons (Fsp3) is 0.0714. The third-order valence-corrected chi connectivity index (χ3v) is 2.59. The van der Waals surface area contributed by atoms with Gasteiger partial charge in [-0.2, -0.15) is 0 Å². The molecule has 0 fully saturated rings. The third kappa shape index (κ3) is 3.01. The summed E-state index contributed by atoms with van der Waals surface area (Å²) >= 11 is 0. The number of carbonyl (C=O) groups excluding carboxylic acids is 1. The maximum absolute atomic E-state index is 13.5. The van der Waals surface area contributed by atoms with Gasteiger partial charge in [0.15, 0.2) is 0 Å². The van der Waals surface area contributed by atoms with E-state index in [-0.39, 0.29) is 5.69 Å². The molecule has 2 aromatic carbocycles. The van der Waals surface area contributed by atoms with Gasteiger partial charge in [0.05, 0.1) is 12.8 Å². The third-order valence-electron chi connectivity index (χ3n) is 2.59. The van der Waals surface area contributed by atoms with E-state index in [1.165, 1.54) is 12.1 Å². The van der Waals surface area contributed by atoms with E-state index in [0.717, 1.165) is 6.07 Å². The lowest BCUT2D eigenvalue weighted by Gasteiger charge is -2.07. The molecule has 1 amide bonds. The summed E-state index contributed by atoms with van der Waals surface area (Å²) in [5.41, 5.74) is 6.25. The number of nitrogens with one attached hydrogen (secondary N) is 1. The van der Waals surface area contributed by atoms with Crippen molar-refractivity contribution in [2.45, 2.75) is 0 Å². The molecule has 4 nitrogen and oxygen atoms in total. The number of carbonyl (C=O) groups is 1. The summed E-state index contributed by atoms with van der Waals surface area (Å²) in [7, 11) is 1.54. The van der Waals surface area contributed by atoms with Crippen LogP contribution >= 0.6 is 0 Å². The molecule has 19 heavy (non-hydrogen) atoms. The van der Waals surface area contributed by atoms with Gasteiger partial charge >= 0.3 is 0 Å². The second-order valence-corrected chi connectivity index (χ2v) is 3.92. The molecule has 98 valence electrons. The van der Waals surface area contributed by atoms with Crippen LogP contribution in [0, 0.1) is 5.82 Å². The molecular formula is C14H13FN2O2. The molecule has 0 heterocycles. The van der Waals surface area contributed by atoms with E-state index >= 15 is 0 Å². The first-order valence-corrected chi connectivity index (χ1v) is 5.60. The van der Waals surface area contributed by atoms with Gasteiger partial charge in [-0.3, -0.25) is 4.79 Å². The SMILES string of the molecule is COc1ccc(C(=O)Nc2ccc(N)cc2F)cc1. The fourth-order valence-electron chi connectivity index (χ4n) is 1.57. The lowest BCUT2D eigenvalue weighted by molar-refractivity contribution is 0.102. The van der Waals surface area contributed by atoms with Gasteiger partial charge in [-0.05, 0) is 42.5 Å². The van der Waals surface area contributed by atoms with Crippen LogP contribution in [-0.4, -0.2) is 13.0 Å². The molecule has 0 aliphatic rings. The van der Waals surface area contributed by atoms with Gasteiger partial charge in [0.25, 0.3) is 5.91 Å². The number of nitrogen functional groups attached to an aromatic ring is 1. The highest BCUT2D eigenvalue weighted by atomic mass is 19.1. The van der Waals surface area contributed by atoms with E-state index in [1.807, 2.05) is 0 Å². The van der Waals surface area contributed by atoms with Crippen molar-refractivity contribution in [3.8, 4) is 5.75 Å². The zero-order valence-corrected chi connectivity index (χ0v) is 10.3. The Balaban J connectivity index is 2.15. The van der Waals surface area contributed by atoms with Crippen molar-refractivity contribution < 1.29 is 13.9 Å². The van der Waals surface area contributed by atoms with Gasteiger partial charge in [-0.25, -0.2) is 4.39 Å². The van der Waals surface area contributed by atoms with Crippen molar-refractivity contribution in [3.05, 3.63) is 53.8 Å². The molecule has 0 aromatic heterocycles.